The lowest BCUT2D eigenvalue weighted by Crippen LogP contribution is -2.28. The number of nitrogens with zero attached hydrogens (tertiary/aromatic N) is 3. The van der Waals surface area contributed by atoms with E-state index in [0.29, 0.717) is 24.5 Å². The Hall–Kier alpha value is -2.67. The molecule has 160 valence electrons. The molecule has 1 aromatic carbocycles. The Balaban J connectivity index is 1.43. The Kier molecular flexibility index (Phi) is 6.47. The number of primary amides is 1. The predicted molar refractivity (Wildman–Crippen MR) is 120 cm³/mol. The zero-order valence-electron chi connectivity index (χ0n) is 17.7. The molecule has 30 heavy (non-hydrogen) atoms. The number of amides is 1. The van der Waals surface area contributed by atoms with E-state index in [4.69, 9.17) is 5.73 Å². The molecule has 1 amide bonds. The minimum atomic E-state index is -0.317. The van der Waals surface area contributed by atoms with Crippen molar-refractivity contribution in [2.75, 3.05) is 24.2 Å². The number of benzene rings is 1. The molecule has 4 rings (SSSR count). The van der Waals surface area contributed by atoms with Gasteiger partial charge in [-0.05, 0) is 56.3 Å². The lowest BCUT2D eigenvalue weighted by atomic mass is 10.1. The Morgan fingerprint density at radius 2 is 2.03 bits per heavy atom. The van der Waals surface area contributed by atoms with Crippen LogP contribution in [0.3, 0.4) is 0 Å². The van der Waals surface area contributed by atoms with E-state index in [9.17, 15) is 4.79 Å². The van der Waals surface area contributed by atoms with Crippen LogP contribution < -0.4 is 16.4 Å². The third-order valence-corrected chi connectivity index (χ3v) is 6.06. The summed E-state index contributed by atoms with van der Waals surface area (Å²) in [4.78, 5) is 22.7. The molecule has 2 aromatic rings. The molecular formula is C23H32N6O. The summed E-state index contributed by atoms with van der Waals surface area (Å²) in [7, 11) is 2.22. The van der Waals surface area contributed by atoms with Crippen LogP contribution in [0.15, 0.2) is 30.5 Å². The number of aromatic nitrogens is 2. The zero-order chi connectivity index (χ0) is 20.9. The molecule has 2 aliphatic rings. The summed E-state index contributed by atoms with van der Waals surface area (Å²) in [5.41, 5.74) is 8.64. The first-order valence-corrected chi connectivity index (χ1v) is 11.0. The minimum absolute atomic E-state index is 0.285. The average molecular weight is 409 g/mol. The lowest BCUT2D eigenvalue weighted by molar-refractivity contribution is -0.117. The number of carbonyl (C=O) groups excluding carboxylic acids is 1. The summed E-state index contributed by atoms with van der Waals surface area (Å²) in [6.45, 7) is 1.43. The number of hydrogen-bond donors (Lipinski definition) is 3. The third-order valence-electron chi connectivity index (χ3n) is 6.06. The highest BCUT2D eigenvalue weighted by Crippen LogP contribution is 2.42. The van der Waals surface area contributed by atoms with E-state index < -0.39 is 0 Å². The number of hydrogen-bond acceptors (Lipinski definition) is 6. The molecule has 1 aromatic heterocycles. The molecule has 0 bridgehead atoms. The van der Waals surface area contributed by atoms with Crippen LogP contribution in [-0.4, -0.2) is 40.4 Å². The second kappa shape index (κ2) is 9.43. The van der Waals surface area contributed by atoms with Crippen molar-refractivity contribution in [3.63, 3.8) is 0 Å². The maximum atomic E-state index is 11.1. The van der Waals surface area contributed by atoms with Gasteiger partial charge in [-0.1, -0.05) is 25.0 Å². The van der Waals surface area contributed by atoms with E-state index in [0.717, 1.165) is 36.5 Å². The topological polar surface area (TPSA) is 96.2 Å². The Morgan fingerprint density at radius 3 is 2.77 bits per heavy atom. The van der Waals surface area contributed by atoms with Crippen LogP contribution in [0.5, 0.6) is 0 Å². The first-order chi connectivity index (χ1) is 14.6. The van der Waals surface area contributed by atoms with Gasteiger partial charge in [-0.2, -0.15) is 4.98 Å². The fourth-order valence-electron chi connectivity index (χ4n) is 4.23. The summed E-state index contributed by atoms with van der Waals surface area (Å²) in [6, 6.07) is 9.16. The van der Waals surface area contributed by atoms with Crippen LogP contribution in [0.4, 0.5) is 17.5 Å². The highest BCUT2D eigenvalue weighted by molar-refractivity contribution is 5.74. The van der Waals surface area contributed by atoms with Gasteiger partial charge in [0.05, 0.1) is 0 Å². The van der Waals surface area contributed by atoms with E-state index in [1.807, 2.05) is 12.3 Å². The highest BCUT2D eigenvalue weighted by atomic mass is 16.1. The van der Waals surface area contributed by atoms with Crippen molar-refractivity contribution in [3.8, 4) is 0 Å². The summed E-state index contributed by atoms with van der Waals surface area (Å²) in [6.07, 6.45) is 9.82. The number of carbonyl (C=O) groups is 1. The average Bonchev–Trinajstić information content (AvgIpc) is 3.40. The van der Waals surface area contributed by atoms with Gasteiger partial charge in [-0.25, -0.2) is 4.98 Å². The number of nitrogens with two attached hydrogens (primary N) is 1. The lowest BCUT2D eigenvalue weighted by Gasteiger charge is -2.24. The predicted octanol–water partition coefficient (Wildman–Crippen LogP) is 3.76. The highest BCUT2D eigenvalue weighted by Gasteiger charge is 2.27. The molecule has 0 spiro atoms. The van der Waals surface area contributed by atoms with Crippen molar-refractivity contribution in [2.24, 2.45) is 5.73 Å². The maximum absolute atomic E-state index is 11.1. The van der Waals surface area contributed by atoms with Gasteiger partial charge >= 0.3 is 0 Å². The van der Waals surface area contributed by atoms with E-state index in [1.165, 1.54) is 31.2 Å². The number of nitrogens with one attached hydrogen (secondary N) is 2. The van der Waals surface area contributed by atoms with Gasteiger partial charge in [0.1, 0.15) is 5.82 Å². The largest absolute Gasteiger partial charge is 0.370 e. The molecule has 0 aliphatic heterocycles. The van der Waals surface area contributed by atoms with Crippen LogP contribution in [0.2, 0.25) is 0 Å². The Labute approximate surface area is 178 Å². The standard InChI is InChI=1S/C23H32N6O/c1-29(19-7-2-3-8-19)15-16-5-4-6-18(13-16)27-23-26-14-20(17-9-10-17)22(28-23)25-12-11-21(24)30/h4-6,13-14,17,19H,2-3,7-12,15H2,1H3,(H2,24,30)(H2,25,26,27,28). The first kappa shape index (κ1) is 20.6. The monoisotopic (exact) mass is 408 g/mol. The van der Waals surface area contributed by atoms with Crippen molar-refractivity contribution in [3.05, 3.63) is 41.6 Å². The van der Waals surface area contributed by atoms with Gasteiger partial charge in [-0.15, -0.1) is 0 Å². The number of anilines is 3. The van der Waals surface area contributed by atoms with Gasteiger partial charge in [0.2, 0.25) is 11.9 Å². The molecule has 0 radical (unpaired) electrons. The molecule has 0 unspecified atom stereocenters. The SMILES string of the molecule is CN(Cc1cccc(Nc2ncc(C3CC3)c(NCCC(N)=O)n2)c1)C1CCCC1. The minimum Gasteiger partial charge on any atom is -0.370 e. The molecule has 2 aliphatic carbocycles. The van der Waals surface area contributed by atoms with Gasteiger partial charge < -0.3 is 16.4 Å². The summed E-state index contributed by atoms with van der Waals surface area (Å²) in [5.74, 6) is 1.56. The molecule has 2 fully saturated rings. The Bertz CT molecular complexity index is 876. The van der Waals surface area contributed by atoms with E-state index in [1.54, 1.807) is 0 Å². The van der Waals surface area contributed by atoms with Crippen molar-refractivity contribution in [2.45, 2.75) is 63.5 Å². The van der Waals surface area contributed by atoms with E-state index >= 15 is 0 Å². The smallest absolute Gasteiger partial charge is 0.229 e. The summed E-state index contributed by atoms with van der Waals surface area (Å²) in [5, 5.41) is 6.60. The maximum Gasteiger partial charge on any atom is 0.229 e. The second-order valence-electron chi connectivity index (χ2n) is 8.59. The molecule has 1 heterocycles. The van der Waals surface area contributed by atoms with Crippen LogP contribution in [0.25, 0.3) is 0 Å². The number of rotatable bonds is 10. The molecule has 0 atom stereocenters. The van der Waals surface area contributed by atoms with Gasteiger partial charge in [0.15, 0.2) is 0 Å². The van der Waals surface area contributed by atoms with Gasteiger partial charge in [-0.3, -0.25) is 9.69 Å². The van der Waals surface area contributed by atoms with E-state index in [2.05, 4.69) is 50.7 Å². The van der Waals surface area contributed by atoms with Crippen LogP contribution >= 0.6 is 0 Å². The van der Waals surface area contributed by atoms with Crippen molar-refractivity contribution in [1.82, 2.24) is 14.9 Å². The van der Waals surface area contributed by atoms with Crippen molar-refractivity contribution in [1.29, 1.82) is 0 Å². The van der Waals surface area contributed by atoms with Gasteiger partial charge in [0.25, 0.3) is 0 Å². The van der Waals surface area contributed by atoms with Crippen LogP contribution in [-0.2, 0) is 11.3 Å². The fraction of sp³-hybridized carbons (Fsp3) is 0.522. The van der Waals surface area contributed by atoms with E-state index in [-0.39, 0.29) is 12.3 Å². The first-order valence-electron chi connectivity index (χ1n) is 11.0. The zero-order valence-corrected chi connectivity index (χ0v) is 17.7. The third kappa shape index (κ3) is 5.48. The summed E-state index contributed by atoms with van der Waals surface area (Å²) >= 11 is 0. The van der Waals surface area contributed by atoms with Crippen LogP contribution in [0.1, 0.15) is 62.0 Å². The second-order valence-corrected chi connectivity index (χ2v) is 8.59. The van der Waals surface area contributed by atoms with Crippen LogP contribution in [0, 0.1) is 0 Å². The molecule has 2 saturated carbocycles. The molecular weight excluding hydrogens is 376 g/mol. The molecule has 4 N–H and O–H groups in total. The van der Waals surface area contributed by atoms with Crippen molar-refractivity contribution < 1.29 is 4.79 Å². The van der Waals surface area contributed by atoms with Crippen molar-refractivity contribution >= 4 is 23.4 Å². The fourth-order valence-corrected chi connectivity index (χ4v) is 4.23. The molecule has 7 nitrogen and oxygen atoms in total. The molecule has 0 saturated heterocycles. The normalized spacial score (nSPS) is 16.7. The Morgan fingerprint density at radius 1 is 1.23 bits per heavy atom. The summed E-state index contributed by atoms with van der Waals surface area (Å²) < 4.78 is 0. The van der Waals surface area contributed by atoms with Gasteiger partial charge in [0, 0.05) is 43.0 Å². The quantitative estimate of drug-likeness (QED) is 0.554. The molecule has 7 heteroatoms.